The molecule has 0 aliphatic heterocycles. The van der Waals surface area contributed by atoms with Gasteiger partial charge in [0.05, 0.1) is 5.56 Å². The minimum Gasteiger partial charge on any atom is -0.424 e. The average Bonchev–Trinajstić information content (AvgIpc) is 2.57. The molecule has 0 unspecified atom stereocenters. The van der Waals surface area contributed by atoms with E-state index in [1.54, 1.807) is 25.4 Å². The Hall–Kier alpha value is -2.89. The lowest BCUT2D eigenvalue weighted by Crippen LogP contribution is -2.29. The molecule has 2 aromatic rings. The Balaban J connectivity index is 1.89. The van der Waals surface area contributed by atoms with Gasteiger partial charge in [-0.25, -0.2) is 9.59 Å². The topological polar surface area (TPSA) is 68.7 Å². The lowest BCUT2D eigenvalue weighted by molar-refractivity contribution is -0.000362. The van der Waals surface area contributed by atoms with Crippen LogP contribution in [-0.4, -0.2) is 30.9 Å². The first kappa shape index (κ1) is 16.5. The van der Waals surface area contributed by atoms with Crippen molar-refractivity contribution in [1.29, 1.82) is 0 Å². The van der Waals surface area contributed by atoms with E-state index in [1.165, 1.54) is 11.1 Å². The molecule has 0 N–H and O–H groups in total. The summed E-state index contributed by atoms with van der Waals surface area (Å²) in [7, 11) is 1.60. The summed E-state index contributed by atoms with van der Waals surface area (Å²) >= 11 is 0. The molecule has 6 nitrogen and oxygen atoms in total. The number of carbonyl (C=O) groups is 2. The van der Waals surface area contributed by atoms with E-state index in [-0.39, 0.29) is 0 Å². The van der Waals surface area contributed by atoms with Gasteiger partial charge in [-0.2, -0.15) is 0 Å². The molecule has 0 saturated carbocycles. The summed E-state index contributed by atoms with van der Waals surface area (Å²) in [6.45, 7) is 3.39. The molecule has 1 aromatic carbocycles. The van der Waals surface area contributed by atoms with E-state index in [9.17, 15) is 9.59 Å². The fourth-order valence-corrected chi connectivity index (χ4v) is 1.98. The van der Waals surface area contributed by atoms with Crippen LogP contribution in [0.1, 0.15) is 21.5 Å². The van der Waals surface area contributed by atoms with Gasteiger partial charge in [0.2, 0.25) is 6.79 Å². The number of amides is 1. The number of anilines is 1. The maximum Gasteiger partial charge on any atom is 0.416 e. The van der Waals surface area contributed by atoms with Gasteiger partial charge >= 0.3 is 12.1 Å². The molecule has 2 rings (SSSR count). The number of carbonyl (C=O) groups excluding carboxylic acids is 2. The van der Waals surface area contributed by atoms with Gasteiger partial charge in [0.15, 0.2) is 0 Å². The molecule has 1 aromatic heterocycles. The summed E-state index contributed by atoms with van der Waals surface area (Å²) in [5.74, 6) is -0.597. The van der Waals surface area contributed by atoms with Crippen molar-refractivity contribution in [3.05, 3.63) is 59.4 Å². The van der Waals surface area contributed by atoms with Gasteiger partial charge in [0.25, 0.3) is 0 Å². The zero-order chi connectivity index (χ0) is 16.8. The van der Waals surface area contributed by atoms with Crippen LogP contribution in [0.3, 0.4) is 0 Å². The zero-order valence-corrected chi connectivity index (χ0v) is 13.3. The molecule has 0 saturated heterocycles. The number of esters is 1. The highest BCUT2D eigenvalue weighted by atomic mass is 16.7. The van der Waals surface area contributed by atoms with Crippen LogP contribution in [0.4, 0.5) is 10.5 Å². The lowest BCUT2D eigenvalue weighted by atomic mass is 10.1. The Morgan fingerprint density at radius 2 is 1.96 bits per heavy atom. The number of hydrogen-bond donors (Lipinski definition) is 0. The molecule has 23 heavy (non-hydrogen) atoms. The molecule has 6 heteroatoms. The van der Waals surface area contributed by atoms with E-state index in [0.717, 1.165) is 16.8 Å². The van der Waals surface area contributed by atoms with Crippen LogP contribution in [0.15, 0.2) is 42.7 Å². The van der Waals surface area contributed by atoms with Gasteiger partial charge in [0, 0.05) is 25.1 Å². The summed E-state index contributed by atoms with van der Waals surface area (Å²) in [6.07, 6.45) is 2.33. The van der Waals surface area contributed by atoms with Gasteiger partial charge in [-0.3, -0.25) is 9.88 Å². The van der Waals surface area contributed by atoms with Crippen molar-refractivity contribution < 1.29 is 19.1 Å². The normalized spacial score (nSPS) is 10.0. The number of ether oxygens (including phenoxy) is 2. The molecule has 120 valence electrons. The van der Waals surface area contributed by atoms with Crippen LogP contribution < -0.4 is 4.90 Å². The van der Waals surface area contributed by atoms with Crippen molar-refractivity contribution in [1.82, 2.24) is 4.98 Å². The molecule has 1 heterocycles. The molecule has 0 fully saturated rings. The highest BCUT2D eigenvalue weighted by Gasteiger charge is 2.15. The van der Waals surface area contributed by atoms with Gasteiger partial charge in [0.1, 0.15) is 0 Å². The number of aromatic nitrogens is 1. The fraction of sp³-hybridized carbons (Fsp3) is 0.235. The van der Waals surface area contributed by atoms with Crippen molar-refractivity contribution in [2.24, 2.45) is 0 Å². The van der Waals surface area contributed by atoms with Crippen LogP contribution >= 0.6 is 0 Å². The molecule has 0 atom stereocenters. The van der Waals surface area contributed by atoms with Crippen LogP contribution in [0, 0.1) is 13.8 Å². The lowest BCUT2D eigenvalue weighted by Gasteiger charge is -2.19. The van der Waals surface area contributed by atoms with E-state index in [4.69, 9.17) is 9.47 Å². The summed E-state index contributed by atoms with van der Waals surface area (Å²) in [4.78, 5) is 28.9. The van der Waals surface area contributed by atoms with E-state index < -0.39 is 18.9 Å². The molecular formula is C17H18N2O4. The number of nitrogens with zero attached hydrogens (tertiary/aromatic N) is 2. The summed E-state index contributed by atoms with van der Waals surface area (Å²) in [6, 6.07) is 8.97. The minimum absolute atomic E-state index is 0.298. The maximum absolute atomic E-state index is 12.0. The number of aryl methyl sites for hydroxylation is 2. The second-order valence-corrected chi connectivity index (χ2v) is 5.05. The second kappa shape index (κ2) is 7.40. The Bertz CT molecular complexity index is 701. The number of benzene rings is 1. The quantitative estimate of drug-likeness (QED) is 0.641. The van der Waals surface area contributed by atoms with Gasteiger partial charge in [-0.1, -0.05) is 12.1 Å². The van der Waals surface area contributed by atoms with Gasteiger partial charge < -0.3 is 9.47 Å². The Labute approximate surface area is 134 Å². The van der Waals surface area contributed by atoms with Crippen molar-refractivity contribution >= 4 is 17.7 Å². The van der Waals surface area contributed by atoms with E-state index >= 15 is 0 Å². The standard InChI is InChI=1S/C17H18N2O4/c1-12-6-7-13(2)15(9-12)19(3)17(21)23-11-22-16(20)14-5-4-8-18-10-14/h4-10H,11H2,1-3H3. The predicted molar refractivity (Wildman–Crippen MR) is 85.3 cm³/mol. The molecule has 0 aliphatic rings. The monoisotopic (exact) mass is 314 g/mol. The summed E-state index contributed by atoms with van der Waals surface area (Å²) in [5.41, 5.74) is 3.02. The van der Waals surface area contributed by atoms with E-state index in [0.29, 0.717) is 5.56 Å². The van der Waals surface area contributed by atoms with Gasteiger partial charge in [-0.05, 0) is 43.2 Å². The third kappa shape index (κ3) is 4.29. The highest BCUT2D eigenvalue weighted by molar-refractivity contribution is 5.89. The Morgan fingerprint density at radius 1 is 1.17 bits per heavy atom. The van der Waals surface area contributed by atoms with Gasteiger partial charge in [-0.15, -0.1) is 0 Å². The van der Waals surface area contributed by atoms with Crippen molar-refractivity contribution in [3.8, 4) is 0 Å². The molecule has 0 bridgehead atoms. The second-order valence-electron chi connectivity index (χ2n) is 5.05. The van der Waals surface area contributed by atoms with E-state index in [2.05, 4.69) is 4.98 Å². The molecule has 0 radical (unpaired) electrons. The smallest absolute Gasteiger partial charge is 0.416 e. The Kier molecular flexibility index (Phi) is 5.30. The predicted octanol–water partition coefficient (Wildman–Crippen LogP) is 3.09. The SMILES string of the molecule is Cc1ccc(C)c(N(C)C(=O)OCOC(=O)c2cccnc2)c1. The minimum atomic E-state index is -0.599. The first-order valence-corrected chi connectivity index (χ1v) is 7.04. The maximum atomic E-state index is 12.0. The molecule has 0 aliphatic carbocycles. The third-order valence-corrected chi connectivity index (χ3v) is 3.27. The average molecular weight is 314 g/mol. The number of hydrogen-bond acceptors (Lipinski definition) is 5. The summed E-state index contributed by atoms with van der Waals surface area (Å²) in [5, 5.41) is 0. The van der Waals surface area contributed by atoms with Crippen LogP contribution in [0.2, 0.25) is 0 Å². The van der Waals surface area contributed by atoms with Crippen LogP contribution in [0.5, 0.6) is 0 Å². The largest absolute Gasteiger partial charge is 0.424 e. The van der Waals surface area contributed by atoms with Crippen molar-refractivity contribution in [2.75, 3.05) is 18.7 Å². The number of pyridine rings is 1. The first-order chi connectivity index (χ1) is 11.0. The zero-order valence-electron chi connectivity index (χ0n) is 13.3. The highest BCUT2D eigenvalue weighted by Crippen LogP contribution is 2.20. The van der Waals surface area contributed by atoms with Crippen molar-refractivity contribution in [2.45, 2.75) is 13.8 Å². The molecule has 0 spiro atoms. The molecule has 1 amide bonds. The summed E-state index contributed by atoms with van der Waals surface area (Å²) < 4.78 is 9.86. The first-order valence-electron chi connectivity index (χ1n) is 7.04. The number of rotatable bonds is 4. The van der Waals surface area contributed by atoms with Crippen molar-refractivity contribution in [3.63, 3.8) is 0 Å². The van der Waals surface area contributed by atoms with Crippen LogP contribution in [-0.2, 0) is 9.47 Å². The third-order valence-electron chi connectivity index (χ3n) is 3.27. The Morgan fingerprint density at radius 3 is 2.65 bits per heavy atom. The fourth-order valence-electron chi connectivity index (χ4n) is 1.98. The van der Waals surface area contributed by atoms with E-state index in [1.807, 2.05) is 32.0 Å². The molecular weight excluding hydrogens is 296 g/mol. The van der Waals surface area contributed by atoms with Crippen LogP contribution in [0.25, 0.3) is 0 Å².